The summed E-state index contributed by atoms with van der Waals surface area (Å²) >= 11 is 0. The van der Waals surface area contributed by atoms with Gasteiger partial charge in [0.1, 0.15) is 12.1 Å². The van der Waals surface area contributed by atoms with E-state index in [0.717, 1.165) is 16.5 Å². The SMILES string of the molecule is CC[C@H](C)[C@H](NC(C)=O)C(=O)N[C@H](C(=O)NC(Cc1c[nH]c2ccccc12)C(C=O)(O[P+](=O)O)C(C)C)[C@@H](C)CC. The molecule has 3 amide bonds. The molecule has 0 saturated heterocycles. The maximum absolute atomic E-state index is 13.9. The van der Waals surface area contributed by atoms with Gasteiger partial charge in [-0.3, -0.25) is 19.2 Å². The molecule has 0 bridgehead atoms. The smallest absolute Gasteiger partial charge is 0.361 e. The largest absolute Gasteiger partial charge is 0.695 e. The van der Waals surface area contributed by atoms with Crippen LogP contribution in [0.25, 0.3) is 10.9 Å². The lowest BCUT2D eigenvalue weighted by Gasteiger charge is -2.36. The van der Waals surface area contributed by atoms with Crippen molar-refractivity contribution in [3.05, 3.63) is 36.0 Å². The van der Waals surface area contributed by atoms with Gasteiger partial charge in [-0.05, 0) is 35.8 Å². The molecule has 226 valence electrons. The van der Waals surface area contributed by atoms with Crippen LogP contribution in [0.1, 0.15) is 66.9 Å². The summed E-state index contributed by atoms with van der Waals surface area (Å²) in [5.74, 6) is -2.55. The average molecular weight is 592 g/mol. The fraction of sp³-hybridized carbons (Fsp3) is 0.586. The first-order valence-corrected chi connectivity index (χ1v) is 15.2. The van der Waals surface area contributed by atoms with Gasteiger partial charge in [0, 0.05) is 28.6 Å². The summed E-state index contributed by atoms with van der Waals surface area (Å²) in [5.41, 5.74) is -0.238. The summed E-state index contributed by atoms with van der Waals surface area (Å²) in [7, 11) is -3.20. The molecule has 7 atom stereocenters. The number of hydrogen-bond donors (Lipinski definition) is 5. The minimum Gasteiger partial charge on any atom is -0.361 e. The van der Waals surface area contributed by atoms with Crippen molar-refractivity contribution >= 4 is 43.2 Å². The number of nitrogens with one attached hydrogen (secondary N) is 4. The van der Waals surface area contributed by atoms with Crippen LogP contribution in [0, 0.1) is 17.8 Å². The van der Waals surface area contributed by atoms with Crippen LogP contribution in [-0.2, 0) is 34.7 Å². The van der Waals surface area contributed by atoms with Gasteiger partial charge in [0.15, 0.2) is 6.29 Å². The van der Waals surface area contributed by atoms with E-state index >= 15 is 0 Å². The molecule has 0 radical (unpaired) electrons. The Kier molecular flexibility index (Phi) is 12.6. The number of aromatic amines is 1. The molecule has 1 aromatic heterocycles. The standard InChI is InChI=1S/C29H43N4O7P/c1-8-18(5)25(31-20(7)35)28(37)33-26(19(6)9-2)27(36)32-24(29(16-34,17(3)4)40-41(38)39)14-21-15-30-23-13-11-10-12-22(21)23/h10-13,15-19,24-26,30H,8-9,14H2,1-7H3,(H3-,31,32,33,35,36,37,38,39)/p+1/t18-,19-,24?,25-,26-,29?/m0/s1. The number of rotatable bonds is 16. The number of aromatic nitrogens is 1. The van der Waals surface area contributed by atoms with Crippen molar-refractivity contribution in [2.75, 3.05) is 0 Å². The fourth-order valence-corrected chi connectivity index (χ4v) is 5.57. The number of hydrogen-bond acceptors (Lipinski definition) is 6. The van der Waals surface area contributed by atoms with Crippen LogP contribution in [0.4, 0.5) is 0 Å². The van der Waals surface area contributed by atoms with Gasteiger partial charge in [0.05, 0.1) is 6.04 Å². The molecular formula is C29H44N4O7P+. The van der Waals surface area contributed by atoms with Gasteiger partial charge in [-0.2, -0.15) is 0 Å². The van der Waals surface area contributed by atoms with E-state index in [1.54, 1.807) is 20.0 Å². The Hall–Kier alpha value is -3.14. The van der Waals surface area contributed by atoms with Crippen molar-refractivity contribution in [2.45, 2.75) is 91.5 Å². The Balaban J connectivity index is 2.52. The Labute approximate surface area is 242 Å². The predicted molar refractivity (Wildman–Crippen MR) is 157 cm³/mol. The lowest BCUT2D eigenvalue weighted by atomic mass is 9.81. The summed E-state index contributed by atoms with van der Waals surface area (Å²) in [6, 6.07) is 4.59. The van der Waals surface area contributed by atoms with Gasteiger partial charge in [0.2, 0.25) is 23.3 Å². The van der Waals surface area contributed by atoms with Crippen molar-refractivity contribution in [1.29, 1.82) is 0 Å². The van der Waals surface area contributed by atoms with E-state index in [2.05, 4.69) is 20.9 Å². The lowest BCUT2D eigenvalue weighted by Crippen LogP contribution is -2.63. The Bertz CT molecular complexity index is 1230. The number of carbonyl (C=O) groups is 4. The Morgan fingerprint density at radius 1 is 1.00 bits per heavy atom. The highest BCUT2D eigenvalue weighted by atomic mass is 31.1. The van der Waals surface area contributed by atoms with E-state index in [4.69, 9.17) is 4.52 Å². The molecule has 3 unspecified atom stereocenters. The number of benzene rings is 1. The monoisotopic (exact) mass is 591 g/mol. The first-order chi connectivity index (χ1) is 19.3. The molecule has 0 spiro atoms. The second-order valence-corrected chi connectivity index (χ2v) is 11.7. The van der Waals surface area contributed by atoms with E-state index in [0.29, 0.717) is 19.1 Å². The summed E-state index contributed by atoms with van der Waals surface area (Å²) in [5, 5.41) is 9.24. The fourth-order valence-electron chi connectivity index (χ4n) is 4.92. The van der Waals surface area contributed by atoms with Gasteiger partial charge in [0.25, 0.3) is 0 Å². The Morgan fingerprint density at radius 3 is 2.07 bits per heavy atom. The van der Waals surface area contributed by atoms with Crippen LogP contribution in [0.15, 0.2) is 30.5 Å². The van der Waals surface area contributed by atoms with Gasteiger partial charge in [-0.1, -0.05) is 72.6 Å². The zero-order valence-electron chi connectivity index (χ0n) is 24.9. The molecule has 5 N–H and O–H groups in total. The molecule has 0 aliphatic heterocycles. The maximum Gasteiger partial charge on any atom is 0.695 e. The van der Waals surface area contributed by atoms with Crippen LogP contribution in [0.3, 0.4) is 0 Å². The highest BCUT2D eigenvalue weighted by Gasteiger charge is 2.51. The molecule has 41 heavy (non-hydrogen) atoms. The average Bonchev–Trinajstić information content (AvgIpc) is 3.34. The molecule has 0 saturated carbocycles. The van der Waals surface area contributed by atoms with Gasteiger partial charge in [-0.15, -0.1) is 9.42 Å². The van der Waals surface area contributed by atoms with Crippen LogP contribution in [-0.4, -0.2) is 57.6 Å². The summed E-state index contributed by atoms with van der Waals surface area (Å²) in [6.07, 6.45) is 3.49. The second kappa shape index (κ2) is 15.2. The molecule has 12 heteroatoms. The van der Waals surface area contributed by atoms with Crippen molar-refractivity contribution in [1.82, 2.24) is 20.9 Å². The van der Waals surface area contributed by atoms with E-state index in [-0.39, 0.29) is 24.2 Å². The van der Waals surface area contributed by atoms with Crippen molar-refractivity contribution in [2.24, 2.45) is 17.8 Å². The first-order valence-electron chi connectivity index (χ1n) is 14.1. The predicted octanol–water partition coefficient (Wildman–Crippen LogP) is 3.54. The zero-order chi connectivity index (χ0) is 30.9. The quantitative estimate of drug-likeness (QED) is 0.147. The van der Waals surface area contributed by atoms with E-state index in [9.17, 15) is 28.6 Å². The van der Waals surface area contributed by atoms with Gasteiger partial charge in [-0.25, -0.2) is 0 Å². The molecule has 1 heterocycles. The second-order valence-electron chi connectivity index (χ2n) is 11.0. The molecule has 2 aromatic rings. The highest BCUT2D eigenvalue weighted by molar-refractivity contribution is 7.32. The normalized spacial score (nSPS) is 17.0. The summed E-state index contributed by atoms with van der Waals surface area (Å²) in [6.45, 7) is 12.1. The number of amides is 3. The highest BCUT2D eigenvalue weighted by Crippen LogP contribution is 2.36. The maximum atomic E-state index is 13.9. The molecule has 11 nitrogen and oxygen atoms in total. The number of para-hydroxylation sites is 1. The first kappa shape index (κ1) is 34.1. The third kappa shape index (κ3) is 8.44. The molecule has 1 aromatic carbocycles. The molecule has 0 aliphatic carbocycles. The zero-order valence-corrected chi connectivity index (χ0v) is 25.8. The van der Waals surface area contributed by atoms with Crippen LogP contribution in [0.2, 0.25) is 0 Å². The number of aldehydes is 1. The van der Waals surface area contributed by atoms with E-state index in [1.165, 1.54) is 6.92 Å². The molecule has 2 rings (SSSR count). The van der Waals surface area contributed by atoms with Crippen molar-refractivity contribution < 1.29 is 33.2 Å². The number of H-pyrrole nitrogens is 1. The molecule has 0 aliphatic rings. The van der Waals surface area contributed by atoms with Crippen LogP contribution < -0.4 is 16.0 Å². The lowest BCUT2D eigenvalue weighted by molar-refractivity contribution is -0.137. The van der Waals surface area contributed by atoms with Crippen LogP contribution >= 0.6 is 8.25 Å². The molecule has 0 fully saturated rings. The van der Waals surface area contributed by atoms with E-state index < -0.39 is 49.7 Å². The van der Waals surface area contributed by atoms with Gasteiger partial charge < -0.3 is 20.9 Å². The topological polar surface area (TPSA) is 167 Å². The minimum absolute atomic E-state index is 0.0956. The minimum atomic E-state index is -3.20. The third-order valence-corrected chi connectivity index (χ3v) is 8.40. The number of fused-ring (bicyclic) bond motifs is 1. The third-order valence-electron chi connectivity index (χ3n) is 7.93. The molecular weight excluding hydrogens is 547 g/mol. The Morgan fingerprint density at radius 2 is 1.56 bits per heavy atom. The van der Waals surface area contributed by atoms with Crippen molar-refractivity contribution in [3.63, 3.8) is 0 Å². The summed E-state index contributed by atoms with van der Waals surface area (Å²) in [4.78, 5) is 64.6. The summed E-state index contributed by atoms with van der Waals surface area (Å²) < 4.78 is 17.3. The van der Waals surface area contributed by atoms with Crippen LogP contribution in [0.5, 0.6) is 0 Å². The van der Waals surface area contributed by atoms with Crippen molar-refractivity contribution in [3.8, 4) is 0 Å². The number of carbonyl (C=O) groups excluding carboxylic acids is 4. The van der Waals surface area contributed by atoms with E-state index in [1.807, 2.05) is 52.0 Å². The van der Waals surface area contributed by atoms with Gasteiger partial charge >= 0.3 is 8.25 Å².